The van der Waals surface area contributed by atoms with Gasteiger partial charge in [0.15, 0.2) is 5.69 Å². The first-order valence-corrected chi connectivity index (χ1v) is 6.19. The fourth-order valence-corrected chi connectivity index (χ4v) is 2.12. The molecule has 106 valence electrons. The third-order valence-corrected chi connectivity index (χ3v) is 3.00. The zero-order valence-electron chi connectivity index (χ0n) is 9.86. The molecule has 0 fully saturated rings. The minimum absolute atomic E-state index is 0.165. The SMILES string of the molecule is O=C(O)c1cc(C(F)(F)F)n(Cc2cccc(Br)c2)n1. The van der Waals surface area contributed by atoms with Crippen LogP contribution in [0.1, 0.15) is 21.7 Å². The van der Waals surface area contributed by atoms with Crippen LogP contribution in [-0.4, -0.2) is 20.9 Å². The van der Waals surface area contributed by atoms with Crippen molar-refractivity contribution in [2.75, 3.05) is 0 Å². The summed E-state index contributed by atoms with van der Waals surface area (Å²) in [5, 5.41) is 12.2. The molecule has 20 heavy (non-hydrogen) atoms. The van der Waals surface area contributed by atoms with E-state index < -0.39 is 23.5 Å². The van der Waals surface area contributed by atoms with Gasteiger partial charge < -0.3 is 5.11 Å². The number of aromatic nitrogens is 2. The zero-order valence-corrected chi connectivity index (χ0v) is 11.4. The highest BCUT2D eigenvalue weighted by molar-refractivity contribution is 9.10. The molecular weight excluding hydrogens is 341 g/mol. The number of carbonyl (C=O) groups is 1. The molecule has 1 N–H and O–H groups in total. The molecule has 1 aromatic carbocycles. The van der Waals surface area contributed by atoms with Crippen LogP contribution < -0.4 is 0 Å². The highest BCUT2D eigenvalue weighted by atomic mass is 79.9. The topological polar surface area (TPSA) is 55.1 Å². The van der Waals surface area contributed by atoms with Crippen molar-refractivity contribution in [2.24, 2.45) is 0 Å². The van der Waals surface area contributed by atoms with E-state index in [1.165, 1.54) is 0 Å². The lowest BCUT2D eigenvalue weighted by molar-refractivity contribution is -0.144. The number of halogens is 4. The van der Waals surface area contributed by atoms with Gasteiger partial charge in [-0.15, -0.1) is 0 Å². The Bertz CT molecular complexity index is 652. The highest BCUT2D eigenvalue weighted by Gasteiger charge is 2.36. The van der Waals surface area contributed by atoms with Crippen LogP contribution >= 0.6 is 15.9 Å². The van der Waals surface area contributed by atoms with E-state index in [1.54, 1.807) is 24.3 Å². The van der Waals surface area contributed by atoms with E-state index >= 15 is 0 Å². The van der Waals surface area contributed by atoms with Crippen molar-refractivity contribution < 1.29 is 23.1 Å². The number of hydrogen-bond donors (Lipinski definition) is 1. The first-order chi connectivity index (χ1) is 9.27. The van der Waals surface area contributed by atoms with Crippen LogP contribution in [0.3, 0.4) is 0 Å². The summed E-state index contributed by atoms with van der Waals surface area (Å²) >= 11 is 3.22. The number of benzene rings is 1. The molecule has 8 heteroatoms. The molecular formula is C12H8BrF3N2O2. The van der Waals surface area contributed by atoms with Crippen molar-refractivity contribution in [3.8, 4) is 0 Å². The van der Waals surface area contributed by atoms with E-state index in [2.05, 4.69) is 21.0 Å². The molecule has 0 aliphatic carbocycles. The summed E-state index contributed by atoms with van der Waals surface area (Å²) in [5.41, 5.74) is -1.15. The van der Waals surface area contributed by atoms with E-state index in [4.69, 9.17) is 5.11 Å². The smallest absolute Gasteiger partial charge is 0.433 e. The van der Waals surface area contributed by atoms with E-state index in [9.17, 15) is 18.0 Å². The van der Waals surface area contributed by atoms with Crippen LogP contribution in [0.15, 0.2) is 34.8 Å². The monoisotopic (exact) mass is 348 g/mol. The molecule has 0 aliphatic heterocycles. The average Bonchev–Trinajstić information content (AvgIpc) is 2.73. The maximum Gasteiger partial charge on any atom is 0.433 e. The fraction of sp³-hybridized carbons (Fsp3) is 0.167. The van der Waals surface area contributed by atoms with E-state index in [-0.39, 0.29) is 6.54 Å². The Hall–Kier alpha value is -1.83. The van der Waals surface area contributed by atoms with Crippen molar-refractivity contribution in [1.29, 1.82) is 0 Å². The Labute approximate surface area is 120 Å². The second-order valence-electron chi connectivity index (χ2n) is 4.01. The number of carboxylic acid groups (broad SMARTS) is 1. The number of hydrogen-bond acceptors (Lipinski definition) is 2. The predicted octanol–water partition coefficient (Wildman–Crippen LogP) is 3.41. The second kappa shape index (κ2) is 5.28. The molecule has 0 unspecified atom stereocenters. The maximum absolute atomic E-state index is 12.8. The normalized spacial score (nSPS) is 11.6. The molecule has 0 saturated heterocycles. The zero-order chi connectivity index (χ0) is 14.9. The van der Waals surface area contributed by atoms with Gasteiger partial charge in [0, 0.05) is 10.5 Å². The minimum atomic E-state index is -4.66. The first-order valence-electron chi connectivity index (χ1n) is 5.40. The second-order valence-corrected chi connectivity index (χ2v) is 4.92. The van der Waals surface area contributed by atoms with Gasteiger partial charge in [-0.1, -0.05) is 28.1 Å². The van der Waals surface area contributed by atoms with Gasteiger partial charge in [0.25, 0.3) is 0 Å². The summed E-state index contributed by atoms with van der Waals surface area (Å²) in [7, 11) is 0. The molecule has 0 saturated carbocycles. The molecule has 2 aromatic rings. The number of carboxylic acids is 1. The average molecular weight is 349 g/mol. The Morgan fingerprint density at radius 2 is 2.05 bits per heavy atom. The molecule has 0 amide bonds. The highest BCUT2D eigenvalue weighted by Crippen LogP contribution is 2.30. The lowest BCUT2D eigenvalue weighted by atomic mass is 10.2. The van der Waals surface area contributed by atoms with Crippen molar-refractivity contribution in [3.63, 3.8) is 0 Å². The molecule has 0 radical (unpaired) electrons. The Balaban J connectivity index is 2.42. The van der Waals surface area contributed by atoms with Gasteiger partial charge in [-0.2, -0.15) is 18.3 Å². The molecule has 1 heterocycles. The van der Waals surface area contributed by atoms with Gasteiger partial charge in [0.2, 0.25) is 0 Å². The summed E-state index contributed by atoms with van der Waals surface area (Å²) < 4.78 is 39.9. The first kappa shape index (κ1) is 14.6. The van der Waals surface area contributed by atoms with Crippen LogP contribution in [0, 0.1) is 0 Å². The van der Waals surface area contributed by atoms with E-state index in [1.807, 2.05) is 0 Å². The van der Waals surface area contributed by atoms with Crippen LogP contribution in [0.2, 0.25) is 0 Å². The number of alkyl halides is 3. The maximum atomic E-state index is 12.8. The number of aromatic carboxylic acids is 1. The molecule has 0 atom stereocenters. The standard InChI is InChI=1S/C12H8BrF3N2O2/c13-8-3-1-2-7(4-8)6-18-10(12(14,15)16)5-9(17-18)11(19)20/h1-5H,6H2,(H,19,20). The van der Waals surface area contributed by atoms with Gasteiger partial charge in [-0.3, -0.25) is 4.68 Å². The van der Waals surface area contributed by atoms with Gasteiger partial charge in [-0.25, -0.2) is 4.79 Å². The summed E-state index contributed by atoms with van der Waals surface area (Å²) in [5.74, 6) is -1.50. The largest absolute Gasteiger partial charge is 0.476 e. The van der Waals surface area contributed by atoms with Gasteiger partial charge in [0.05, 0.1) is 6.54 Å². The molecule has 1 aromatic heterocycles. The summed E-state index contributed by atoms with van der Waals surface area (Å²) in [6, 6.07) is 7.21. The fourth-order valence-electron chi connectivity index (χ4n) is 1.68. The lowest BCUT2D eigenvalue weighted by Gasteiger charge is -2.10. The Morgan fingerprint density at radius 3 is 2.60 bits per heavy atom. The predicted molar refractivity (Wildman–Crippen MR) is 67.4 cm³/mol. The van der Waals surface area contributed by atoms with Crippen molar-refractivity contribution in [1.82, 2.24) is 9.78 Å². The third-order valence-electron chi connectivity index (χ3n) is 2.51. The van der Waals surface area contributed by atoms with E-state index in [0.29, 0.717) is 20.8 Å². The Morgan fingerprint density at radius 1 is 1.35 bits per heavy atom. The lowest BCUT2D eigenvalue weighted by Crippen LogP contribution is -2.15. The van der Waals surface area contributed by atoms with Gasteiger partial charge in [0.1, 0.15) is 5.69 Å². The van der Waals surface area contributed by atoms with E-state index in [0.717, 1.165) is 0 Å². The van der Waals surface area contributed by atoms with Gasteiger partial charge >= 0.3 is 12.1 Å². The van der Waals surface area contributed by atoms with Crippen molar-refractivity contribution in [2.45, 2.75) is 12.7 Å². The van der Waals surface area contributed by atoms with Gasteiger partial charge in [-0.05, 0) is 17.7 Å². The summed E-state index contributed by atoms with van der Waals surface area (Å²) in [6.07, 6.45) is -4.66. The molecule has 0 spiro atoms. The van der Waals surface area contributed by atoms with Crippen molar-refractivity contribution in [3.05, 3.63) is 51.8 Å². The van der Waals surface area contributed by atoms with Crippen LogP contribution in [0.25, 0.3) is 0 Å². The van der Waals surface area contributed by atoms with Crippen LogP contribution in [0.5, 0.6) is 0 Å². The summed E-state index contributed by atoms with van der Waals surface area (Å²) in [4.78, 5) is 10.7. The minimum Gasteiger partial charge on any atom is -0.476 e. The number of nitrogens with zero attached hydrogens (tertiary/aromatic N) is 2. The number of rotatable bonds is 3. The molecule has 0 aliphatic rings. The molecule has 0 bridgehead atoms. The quantitative estimate of drug-likeness (QED) is 0.924. The molecule has 2 rings (SSSR count). The van der Waals surface area contributed by atoms with Crippen LogP contribution in [0.4, 0.5) is 13.2 Å². The Kier molecular flexibility index (Phi) is 3.85. The molecule has 4 nitrogen and oxygen atoms in total. The summed E-state index contributed by atoms with van der Waals surface area (Å²) in [6.45, 7) is -0.165. The van der Waals surface area contributed by atoms with Crippen LogP contribution in [-0.2, 0) is 12.7 Å². The van der Waals surface area contributed by atoms with Crippen molar-refractivity contribution >= 4 is 21.9 Å². The third kappa shape index (κ3) is 3.19.